The molecule has 15 heteroatoms. The first-order chi connectivity index (χ1) is 17.0. The maximum atomic E-state index is 13.7. The first-order valence-electron chi connectivity index (χ1n) is 10.2. The number of rotatable bonds is 6. The largest absolute Gasteiger partial charge is 0.394 e. The second kappa shape index (κ2) is 10.2. The third kappa shape index (κ3) is 4.72. The Morgan fingerprint density at radius 1 is 1.14 bits per heavy atom. The van der Waals surface area contributed by atoms with E-state index in [4.69, 9.17) is 32.7 Å². The summed E-state index contributed by atoms with van der Waals surface area (Å²) in [5.41, 5.74) is -2.02. The summed E-state index contributed by atoms with van der Waals surface area (Å²) < 4.78 is 79.6. The summed E-state index contributed by atoms with van der Waals surface area (Å²) >= 11 is 11.9. The van der Waals surface area contributed by atoms with Gasteiger partial charge in [-0.3, -0.25) is 0 Å². The van der Waals surface area contributed by atoms with Crippen LogP contribution in [0.5, 0.6) is 0 Å². The zero-order valence-electron chi connectivity index (χ0n) is 18.2. The van der Waals surface area contributed by atoms with Crippen molar-refractivity contribution in [2.45, 2.75) is 34.7 Å². The lowest BCUT2D eigenvalue weighted by Gasteiger charge is -2.43. The molecular formula is C21H18Cl2F3N3O6S. The minimum atomic E-state index is -4.35. The molecule has 4 rings (SSSR count). The summed E-state index contributed by atoms with van der Waals surface area (Å²) in [6, 6.07) is 3.72. The third-order valence-corrected chi connectivity index (χ3v) is 8.36. The van der Waals surface area contributed by atoms with Gasteiger partial charge in [0, 0.05) is 12.7 Å². The summed E-state index contributed by atoms with van der Waals surface area (Å²) in [6.07, 6.45) is -3.18. The zero-order chi connectivity index (χ0) is 26.4. The van der Waals surface area contributed by atoms with Crippen LogP contribution in [0.25, 0.3) is 11.3 Å². The Balaban J connectivity index is 1.76. The molecule has 3 aromatic rings. The Hall–Kier alpha value is -2.26. The van der Waals surface area contributed by atoms with E-state index >= 15 is 0 Å². The van der Waals surface area contributed by atoms with Crippen molar-refractivity contribution in [3.8, 4) is 11.3 Å². The topological polar surface area (TPSA) is 124 Å². The molecule has 0 amide bonds. The summed E-state index contributed by atoms with van der Waals surface area (Å²) in [4.78, 5) is -0.257. The molecule has 2 aromatic carbocycles. The number of benzene rings is 2. The predicted octanol–water partition coefficient (Wildman–Crippen LogP) is 2.78. The van der Waals surface area contributed by atoms with E-state index in [0.29, 0.717) is 12.1 Å². The Morgan fingerprint density at radius 3 is 2.39 bits per heavy atom. The molecule has 5 atom stereocenters. The van der Waals surface area contributed by atoms with Crippen molar-refractivity contribution in [1.82, 2.24) is 15.0 Å². The monoisotopic (exact) mass is 567 g/mol. The molecule has 0 saturated carbocycles. The first kappa shape index (κ1) is 26.8. The van der Waals surface area contributed by atoms with Gasteiger partial charge in [0.1, 0.15) is 30.0 Å². The van der Waals surface area contributed by atoms with Gasteiger partial charge in [-0.05, 0) is 30.3 Å². The SMILES string of the molecule is CO[C@@H]1[C@@H](n2cc(-c3cc(F)c(F)c(F)c3)nn2)[C@@H](O)[C@@H](CO)O[C@@H]1S(=O)(=O)c1ccc(Cl)c(Cl)c1. The van der Waals surface area contributed by atoms with Crippen LogP contribution in [0.1, 0.15) is 6.04 Å². The molecule has 2 N–H and O–H groups in total. The highest BCUT2D eigenvalue weighted by atomic mass is 35.5. The molecule has 0 unspecified atom stereocenters. The van der Waals surface area contributed by atoms with Gasteiger partial charge in [-0.1, -0.05) is 28.4 Å². The van der Waals surface area contributed by atoms with Crippen molar-refractivity contribution >= 4 is 33.0 Å². The highest BCUT2D eigenvalue weighted by molar-refractivity contribution is 7.92. The molecule has 1 fully saturated rings. The van der Waals surface area contributed by atoms with Gasteiger partial charge in [-0.2, -0.15) is 0 Å². The van der Waals surface area contributed by atoms with Crippen LogP contribution in [0.2, 0.25) is 10.0 Å². The Bertz CT molecular complexity index is 1370. The molecule has 0 aliphatic carbocycles. The fourth-order valence-electron chi connectivity index (χ4n) is 3.91. The molecule has 0 spiro atoms. The van der Waals surface area contributed by atoms with Crippen LogP contribution in [0, 0.1) is 17.5 Å². The number of ether oxygens (including phenoxy) is 2. The molecule has 1 aliphatic rings. The van der Waals surface area contributed by atoms with Crippen LogP contribution in [0.3, 0.4) is 0 Å². The highest BCUT2D eigenvalue weighted by Crippen LogP contribution is 2.38. The second-order valence-electron chi connectivity index (χ2n) is 7.87. The van der Waals surface area contributed by atoms with Crippen molar-refractivity contribution in [3.05, 3.63) is 64.0 Å². The molecule has 1 aliphatic heterocycles. The average molecular weight is 568 g/mol. The number of halogens is 5. The van der Waals surface area contributed by atoms with Gasteiger partial charge in [0.25, 0.3) is 0 Å². The van der Waals surface area contributed by atoms with E-state index < -0.39 is 63.7 Å². The Kier molecular flexibility index (Phi) is 7.62. The van der Waals surface area contributed by atoms with Crippen molar-refractivity contribution in [2.75, 3.05) is 13.7 Å². The number of methoxy groups -OCH3 is 1. The summed E-state index contributed by atoms with van der Waals surface area (Å²) in [5, 5.41) is 28.4. The maximum absolute atomic E-state index is 13.7. The van der Waals surface area contributed by atoms with Gasteiger partial charge in [-0.15, -0.1) is 5.10 Å². The summed E-state index contributed by atoms with van der Waals surface area (Å²) in [6.45, 7) is -0.766. The van der Waals surface area contributed by atoms with E-state index in [0.717, 1.165) is 16.9 Å². The number of hydrogen-bond donors (Lipinski definition) is 2. The maximum Gasteiger partial charge on any atom is 0.207 e. The number of sulfone groups is 1. The molecule has 1 aromatic heterocycles. The van der Waals surface area contributed by atoms with Crippen LogP contribution in [0.15, 0.2) is 41.4 Å². The van der Waals surface area contributed by atoms with E-state index in [9.17, 15) is 31.8 Å². The molecule has 2 heterocycles. The number of hydrogen-bond acceptors (Lipinski definition) is 8. The number of aromatic nitrogens is 3. The summed E-state index contributed by atoms with van der Waals surface area (Å²) in [7, 11) is -3.17. The van der Waals surface area contributed by atoms with Crippen LogP contribution >= 0.6 is 23.2 Å². The summed E-state index contributed by atoms with van der Waals surface area (Å²) in [5.74, 6) is -4.56. The van der Waals surface area contributed by atoms with Gasteiger partial charge in [0.15, 0.2) is 22.9 Å². The lowest BCUT2D eigenvalue weighted by Crippen LogP contribution is -2.58. The lowest BCUT2D eigenvalue weighted by atomic mass is 9.97. The molecule has 0 bridgehead atoms. The van der Waals surface area contributed by atoms with Crippen LogP contribution in [-0.4, -0.2) is 71.1 Å². The van der Waals surface area contributed by atoms with Crippen molar-refractivity contribution in [1.29, 1.82) is 0 Å². The van der Waals surface area contributed by atoms with Gasteiger partial charge in [0.05, 0.1) is 27.7 Å². The Morgan fingerprint density at radius 2 is 1.81 bits per heavy atom. The molecule has 194 valence electrons. The quantitative estimate of drug-likeness (QED) is 0.436. The molecular weight excluding hydrogens is 550 g/mol. The van der Waals surface area contributed by atoms with Crippen molar-refractivity contribution in [3.63, 3.8) is 0 Å². The molecule has 1 saturated heterocycles. The normalized spacial score (nSPS) is 24.7. The minimum absolute atomic E-state index is 0.0301. The smallest absolute Gasteiger partial charge is 0.207 e. The average Bonchev–Trinajstić information content (AvgIpc) is 3.33. The van der Waals surface area contributed by atoms with Crippen molar-refractivity contribution < 1.29 is 41.3 Å². The predicted molar refractivity (Wildman–Crippen MR) is 121 cm³/mol. The van der Waals surface area contributed by atoms with Crippen molar-refractivity contribution in [2.24, 2.45) is 0 Å². The standard InChI is InChI=1S/C21H18Cl2F3N3O6S/c1-34-20-18(29-7-15(27-28-29)9-4-13(24)17(26)14(25)5-9)19(31)16(8-30)35-21(20)36(32,33)10-2-3-11(22)12(23)6-10/h2-7,16,18-21,30-31H,8H2,1H3/t16-,18+,19+,20-,21-/m1/s1. The number of nitrogens with zero attached hydrogens (tertiary/aromatic N) is 3. The fourth-order valence-corrected chi connectivity index (χ4v) is 5.99. The van der Waals surface area contributed by atoms with E-state index in [1.807, 2.05) is 0 Å². The minimum Gasteiger partial charge on any atom is -0.394 e. The van der Waals surface area contributed by atoms with E-state index in [-0.39, 0.29) is 26.2 Å². The molecule has 0 radical (unpaired) electrons. The Labute approximate surface area is 212 Å². The second-order valence-corrected chi connectivity index (χ2v) is 10.7. The molecule has 36 heavy (non-hydrogen) atoms. The molecule has 9 nitrogen and oxygen atoms in total. The zero-order valence-corrected chi connectivity index (χ0v) is 20.6. The van der Waals surface area contributed by atoms with Gasteiger partial charge >= 0.3 is 0 Å². The number of aliphatic hydroxyl groups excluding tert-OH is 2. The van der Waals surface area contributed by atoms with E-state index in [1.165, 1.54) is 19.2 Å². The van der Waals surface area contributed by atoms with Crippen LogP contribution in [0.4, 0.5) is 13.2 Å². The van der Waals surface area contributed by atoms with Crippen LogP contribution < -0.4 is 0 Å². The third-order valence-electron chi connectivity index (χ3n) is 5.72. The fraction of sp³-hybridized carbons (Fsp3) is 0.333. The van der Waals surface area contributed by atoms with E-state index in [1.54, 1.807) is 0 Å². The van der Waals surface area contributed by atoms with E-state index in [2.05, 4.69) is 10.3 Å². The van der Waals surface area contributed by atoms with Crippen LogP contribution in [-0.2, 0) is 19.3 Å². The number of aliphatic hydroxyl groups is 2. The van der Waals surface area contributed by atoms with Gasteiger partial charge < -0.3 is 19.7 Å². The highest BCUT2D eigenvalue weighted by Gasteiger charge is 2.52. The van der Waals surface area contributed by atoms with Gasteiger partial charge in [0.2, 0.25) is 9.84 Å². The first-order valence-corrected chi connectivity index (χ1v) is 12.5. The van der Waals surface area contributed by atoms with Gasteiger partial charge in [-0.25, -0.2) is 26.3 Å². The lowest BCUT2D eigenvalue weighted by molar-refractivity contribution is -0.188.